The van der Waals surface area contributed by atoms with Gasteiger partial charge in [0.2, 0.25) is 0 Å². The Labute approximate surface area is 226 Å². The molecule has 3 N–H and O–H groups in total. The van der Waals surface area contributed by atoms with Gasteiger partial charge in [0.25, 0.3) is 5.91 Å². The molecule has 0 heterocycles. The predicted octanol–water partition coefficient (Wildman–Crippen LogP) is 4.69. The normalized spacial score (nSPS) is 10.7. The van der Waals surface area contributed by atoms with Crippen LogP contribution < -0.4 is 25.5 Å². The first kappa shape index (κ1) is 28.2. The topological polar surface area (TPSA) is 118 Å². The molecule has 0 saturated carbocycles. The number of rotatable bonds is 8. The van der Waals surface area contributed by atoms with Gasteiger partial charge in [0.15, 0.2) is 18.1 Å². The molecule has 0 radical (unpaired) electrons. The molecule has 0 atom stereocenters. The Morgan fingerprint density at radius 1 is 0.921 bits per heavy atom. The number of anilines is 2. The second kappa shape index (κ2) is 12.7. The number of hydrazone groups is 1. The van der Waals surface area contributed by atoms with Gasteiger partial charge in [-0.2, -0.15) is 5.10 Å². The van der Waals surface area contributed by atoms with Gasteiger partial charge in [-0.05, 0) is 74.2 Å². The van der Waals surface area contributed by atoms with Crippen molar-refractivity contribution in [3.8, 4) is 11.5 Å². The minimum atomic E-state index is -0.935. The molecule has 9 nitrogen and oxygen atoms in total. The van der Waals surface area contributed by atoms with Crippen LogP contribution in [0.15, 0.2) is 53.6 Å². The SMILES string of the molecule is COc1cc(/C=N\NC(=O)C(=O)Nc2cccc(C)c2C)cc(Cl)c1OCC(=O)Nc1ccc(C)cc1C. The summed E-state index contributed by atoms with van der Waals surface area (Å²) in [5, 5.41) is 9.36. The monoisotopic (exact) mass is 536 g/mol. The van der Waals surface area contributed by atoms with Crippen molar-refractivity contribution in [3.63, 3.8) is 0 Å². The Morgan fingerprint density at radius 3 is 2.39 bits per heavy atom. The number of benzene rings is 3. The van der Waals surface area contributed by atoms with Gasteiger partial charge in [0, 0.05) is 11.4 Å². The van der Waals surface area contributed by atoms with Gasteiger partial charge in [0.1, 0.15) is 0 Å². The molecule has 10 heteroatoms. The highest BCUT2D eigenvalue weighted by atomic mass is 35.5. The number of methoxy groups -OCH3 is 1. The zero-order chi connectivity index (χ0) is 27.8. The van der Waals surface area contributed by atoms with Crippen molar-refractivity contribution in [2.24, 2.45) is 5.10 Å². The standard InChI is InChI=1S/C28H29ClN4O5/c1-16-9-10-22(18(3)11-16)31-25(34)15-38-26-21(29)12-20(13-24(26)37-5)14-30-33-28(36)27(35)32-23-8-6-7-17(2)19(23)4/h6-14H,15H2,1-5H3,(H,31,34)(H,32,35)(H,33,36)/b30-14-. The smallest absolute Gasteiger partial charge is 0.329 e. The van der Waals surface area contributed by atoms with E-state index >= 15 is 0 Å². The highest BCUT2D eigenvalue weighted by molar-refractivity contribution is 6.39. The number of carbonyl (C=O) groups excluding carboxylic acids is 3. The third kappa shape index (κ3) is 7.33. The highest BCUT2D eigenvalue weighted by Crippen LogP contribution is 2.36. The first-order chi connectivity index (χ1) is 18.1. The van der Waals surface area contributed by atoms with Crippen molar-refractivity contribution in [1.29, 1.82) is 0 Å². The van der Waals surface area contributed by atoms with Crippen molar-refractivity contribution in [2.75, 3.05) is 24.4 Å². The van der Waals surface area contributed by atoms with Gasteiger partial charge in [0.05, 0.1) is 18.3 Å². The molecule has 0 aliphatic heterocycles. The third-order valence-electron chi connectivity index (χ3n) is 5.69. The lowest BCUT2D eigenvalue weighted by Crippen LogP contribution is -2.32. The lowest BCUT2D eigenvalue weighted by molar-refractivity contribution is -0.136. The maximum Gasteiger partial charge on any atom is 0.329 e. The maximum atomic E-state index is 12.4. The molecule has 3 aromatic rings. The molecule has 198 valence electrons. The first-order valence-electron chi connectivity index (χ1n) is 11.7. The van der Waals surface area contributed by atoms with Crippen LogP contribution >= 0.6 is 11.6 Å². The molecule has 3 rings (SSSR count). The highest BCUT2D eigenvalue weighted by Gasteiger charge is 2.16. The number of halogens is 1. The number of nitrogens with zero attached hydrogens (tertiary/aromatic N) is 1. The van der Waals surface area contributed by atoms with Crippen LogP contribution in [0, 0.1) is 27.7 Å². The van der Waals surface area contributed by atoms with Crippen molar-refractivity contribution in [1.82, 2.24) is 5.43 Å². The van der Waals surface area contributed by atoms with Crippen LogP contribution in [0.5, 0.6) is 11.5 Å². The fourth-order valence-electron chi connectivity index (χ4n) is 3.51. The summed E-state index contributed by atoms with van der Waals surface area (Å²) in [6.45, 7) is 7.35. The predicted molar refractivity (Wildman–Crippen MR) is 148 cm³/mol. The summed E-state index contributed by atoms with van der Waals surface area (Å²) in [5.74, 6) is -1.71. The molecule has 38 heavy (non-hydrogen) atoms. The maximum absolute atomic E-state index is 12.4. The third-order valence-corrected chi connectivity index (χ3v) is 5.97. The Morgan fingerprint density at radius 2 is 1.68 bits per heavy atom. The lowest BCUT2D eigenvalue weighted by atomic mass is 10.1. The van der Waals surface area contributed by atoms with Gasteiger partial charge >= 0.3 is 11.8 Å². The van der Waals surface area contributed by atoms with E-state index in [9.17, 15) is 14.4 Å². The van der Waals surface area contributed by atoms with Crippen LogP contribution in [-0.4, -0.2) is 37.7 Å². The van der Waals surface area contributed by atoms with Crippen molar-refractivity contribution < 1.29 is 23.9 Å². The fraction of sp³-hybridized carbons (Fsp3) is 0.214. The number of carbonyl (C=O) groups is 3. The van der Waals surface area contributed by atoms with E-state index in [1.807, 2.05) is 52.0 Å². The minimum absolute atomic E-state index is 0.170. The summed E-state index contributed by atoms with van der Waals surface area (Å²) in [6.07, 6.45) is 1.30. The van der Waals surface area contributed by atoms with E-state index in [4.69, 9.17) is 21.1 Å². The summed E-state index contributed by atoms with van der Waals surface area (Å²) < 4.78 is 11.0. The molecule has 0 spiro atoms. The van der Waals surface area contributed by atoms with Crippen LogP contribution in [0.1, 0.15) is 27.8 Å². The molecule has 0 aliphatic rings. The van der Waals surface area contributed by atoms with Crippen LogP contribution in [0.25, 0.3) is 0 Å². The van der Waals surface area contributed by atoms with Crippen LogP contribution in [0.4, 0.5) is 11.4 Å². The Kier molecular flexibility index (Phi) is 9.45. The number of hydrogen-bond acceptors (Lipinski definition) is 6. The van der Waals surface area contributed by atoms with Gasteiger partial charge in [-0.3, -0.25) is 14.4 Å². The van der Waals surface area contributed by atoms with E-state index < -0.39 is 11.8 Å². The molecule has 3 aromatic carbocycles. The number of hydrogen-bond donors (Lipinski definition) is 3. The second-order valence-corrected chi connectivity index (χ2v) is 9.00. The van der Waals surface area contributed by atoms with Gasteiger partial charge in [-0.25, -0.2) is 5.43 Å². The Bertz CT molecular complexity index is 1400. The molecule has 0 saturated heterocycles. The summed E-state index contributed by atoms with van der Waals surface area (Å²) in [5.41, 5.74) is 7.77. The van der Waals surface area contributed by atoms with Gasteiger partial charge < -0.3 is 20.1 Å². The number of amides is 3. The van der Waals surface area contributed by atoms with Gasteiger partial charge in [-0.1, -0.05) is 41.4 Å². The molecule has 0 unspecified atom stereocenters. The van der Waals surface area contributed by atoms with Crippen molar-refractivity contribution >= 4 is 46.9 Å². The lowest BCUT2D eigenvalue weighted by Gasteiger charge is -2.14. The zero-order valence-electron chi connectivity index (χ0n) is 21.8. The first-order valence-corrected chi connectivity index (χ1v) is 12.0. The van der Waals surface area contributed by atoms with E-state index in [0.717, 1.165) is 22.3 Å². The molecule has 0 bridgehead atoms. The van der Waals surface area contributed by atoms with Crippen molar-refractivity contribution in [2.45, 2.75) is 27.7 Å². The van der Waals surface area contributed by atoms with E-state index in [2.05, 4.69) is 21.2 Å². The molecule has 3 amide bonds. The fourth-order valence-corrected chi connectivity index (χ4v) is 3.79. The zero-order valence-corrected chi connectivity index (χ0v) is 22.5. The van der Waals surface area contributed by atoms with E-state index in [1.54, 1.807) is 18.2 Å². The Hall–Kier alpha value is -4.37. The van der Waals surface area contributed by atoms with Crippen molar-refractivity contribution in [3.05, 3.63) is 81.4 Å². The quantitative estimate of drug-likeness (QED) is 0.219. The van der Waals surface area contributed by atoms with Crippen LogP contribution in [-0.2, 0) is 14.4 Å². The summed E-state index contributed by atoms with van der Waals surface area (Å²) in [7, 11) is 1.43. The number of ether oxygens (including phenoxy) is 2. The van der Waals surface area contributed by atoms with E-state index in [1.165, 1.54) is 19.4 Å². The summed E-state index contributed by atoms with van der Waals surface area (Å²) in [4.78, 5) is 36.8. The summed E-state index contributed by atoms with van der Waals surface area (Å²) in [6, 6.07) is 14.2. The Balaban J connectivity index is 1.60. The molecule has 0 fully saturated rings. The molecular weight excluding hydrogens is 508 g/mol. The number of nitrogens with one attached hydrogen (secondary N) is 3. The molecule has 0 aromatic heterocycles. The minimum Gasteiger partial charge on any atom is -0.493 e. The van der Waals surface area contributed by atoms with Gasteiger partial charge in [-0.15, -0.1) is 0 Å². The largest absolute Gasteiger partial charge is 0.493 e. The number of aryl methyl sites for hydroxylation is 3. The van der Waals surface area contributed by atoms with Crippen LogP contribution in [0.3, 0.4) is 0 Å². The van der Waals surface area contributed by atoms with E-state index in [0.29, 0.717) is 16.9 Å². The molecule has 0 aliphatic carbocycles. The van der Waals surface area contributed by atoms with Crippen LogP contribution in [0.2, 0.25) is 5.02 Å². The summed E-state index contributed by atoms with van der Waals surface area (Å²) >= 11 is 6.36. The second-order valence-electron chi connectivity index (χ2n) is 8.59. The molecular formula is C28H29ClN4O5. The average Bonchev–Trinajstić information content (AvgIpc) is 2.87. The average molecular weight is 537 g/mol. The van der Waals surface area contributed by atoms with E-state index in [-0.39, 0.29) is 29.0 Å².